The molecule has 0 radical (unpaired) electrons. The quantitative estimate of drug-likeness (QED) is 0.628. The van der Waals surface area contributed by atoms with Crippen LogP contribution in [0.2, 0.25) is 5.02 Å². The molecule has 1 aromatic carbocycles. The van der Waals surface area contributed by atoms with Crippen LogP contribution in [-0.2, 0) is 16.8 Å². The van der Waals surface area contributed by atoms with Gasteiger partial charge < -0.3 is 25.1 Å². The Kier molecular flexibility index (Phi) is 4.70. The van der Waals surface area contributed by atoms with Crippen molar-refractivity contribution < 1.29 is 13.9 Å². The van der Waals surface area contributed by atoms with Crippen molar-refractivity contribution in [2.75, 3.05) is 18.5 Å². The third-order valence-corrected chi connectivity index (χ3v) is 8.09. The number of urea groups is 1. The van der Waals surface area contributed by atoms with Gasteiger partial charge in [0.05, 0.1) is 22.8 Å². The lowest BCUT2D eigenvalue weighted by molar-refractivity contribution is 0.0270. The second kappa shape index (κ2) is 7.36. The molecule has 2 aliphatic carbocycles. The van der Waals surface area contributed by atoms with Crippen molar-refractivity contribution in [3.05, 3.63) is 22.5 Å². The lowest BCUT2D eigenvalue weighted by Gasteiger charge is -2.42. The summed E-state index contributed by atoms with van der Waals surface area (Å²) in [4.78, 5) is 17.2. The van der Waals surface area contributed by atoms with Crippen molar-refractivity contribution in [2.45, 2.75) is 75.4 Å². The Bertz CT molecular complexity index is 1020. The molecule has 3 heterocycles. The van der Waals surface area contributed by atoms with E-state index in [0.717, 1.165) is 74.3 Å². The molecule has 0 atom stereocenters. The van der Waals surface area contributed by atoms with E-state index in [4.69, 9.17) is 25.7 Å². The molecule has 7 nitrogen and oxygen atoms in total. The number of ether oxygens (including phenoxy) is 1. The molecule has 31 heavy (non-hydrogen) atoms. The Labute approximate surface area is 186 Å². The van der Waals surface area contributed by atoms with Crippen molar-refractivity contribution in [1.29, 1.82) is 0 Å². The number of nitrogens with one attached hydrogen (secondary N) is 3. The van der Waals surface area contributed by atoms with Gasteiger partial charge in [-0.05, 0) is 50.5 Å². The van der Waals surface area contributed by atoms with Crippen LogP contribution in [0, 0.1) is 5.92 Å². The first-order chi connectivity index (χ1) is 15.1. The van der Waals surface area contributed by atoms with Gasteiger partial charge in [0.15, 0.2) is 5.58 Å². The van der Waals surface area contributed by atoms with Crippen LogP contribution in [-0.4, -0.2) is 29.8 Å². The number of carbonyl (C=O) groups excluding carboxylic acids is 1. The zero-order valence-corrected chi connectivity index (χ0v) is 18.4. The summed E-state index contributed by atoms with van der Waals surface area (Å²) in [6.07, 6.45) is 9.77. The van der Waals surface area contributed by atoms with Crippen molar-refractivity contribution in [3.8, 4) is 0 Å². The molecule has 166 valence electrons. The number of carbonyl (C=O) groups is 1. The number of hydrogen-bond acceptors (Lipinski definition) is 5. The van der Waals surface area contributed by atoms with Crippen LogP contribution in [0.1, 0.15) is 69.2 Å². The molecule has 1 spiro atoms. The first kappa shape index (κ1) is 19.8. The summed E-state index contributed by atoms with van der Waals surface area (Å²) in [6.45, 7) is 2.21. The van der Waals surface area contributed by atoms with E-state index in [9.17, 15) is 4.79 Å². The number of rotatable bonds is 4. The molecule has 2 aliphatic heterocycles. The first-order valence-electron chi connectivity index (χ1n) is 11.6. The molecule has 8 heteroatoms. The summed E-state index contributed by atoms with van der Waals surface area (Å²) < 4.78 is 12.0. The number of aromatic nitrogens is 1. The Morgan fingerprint density at radius 2 is 1.94 bits per heavy atom. The monoisotopic (exact) mass is 444 g/mol. The van der Waals surface area contributed by atoms with E-state index in [2.05, 4.69) is 16.0 Å². The van der Waals surface area contributed by atoms with Crippen LogP contribution in [0.5, 0.6) is 0 Å². The molecule has 2 saturated carbocycles. The van der Waals surface area contributed by atoms with Gasteiger partial charge in [-0.3, -0.25) is 0 Å². The Morgan fingerprint density at radius 3 is 2.68 bits per heavy atom. The molecular weight excluding hydrogens is 416 g/mol. The molecule has 2 aromatic rings. The fourth-order valence-corrected chi connectivity index (χ4v) is 6.29. The maximum atomic E-state index is 12.4. The number of oxazole rings is 1. The highest BCUT2D eigenvalue weighted by Crippen LogP contribution is 2.49. The third-order valence-electron chi connectivity index (χ3n) is 7.79. The fourth-order valence-electron chi connectivity index (χ4n) is 6.04. The van der Waals surface area contributed by atoms with Gasteiger partial charge in [-0.2, -0.15) is 0 Å². The van der Waals surface area contributed by atoms with Crippen LogP contribution in [0.3, 0.4) is 0 Å². The summed E-state index contributed by atoms with van der Waals surface area (Å²) in [7, 11) is 0. The maximum Gasteiger partial charge on any atom is 0.319 e. The number of halogens is 1. The van der Waals surface area contributed by atoms with E-state index in [1.807, 2.05) is 6.07 Å². The zero-order valence-electron chi connectivity index (χ0n) is 17.7. The van der Waals surface area contributed by atoms with Gasteiger partial charge in [0, 0.05) is 24.3 Å². The van der Waals surface area contributed by atoms with E-state index in [-0.39, 0.29) is 11.6 Å². The molecule has 0 unspecified atom stereocenters. The van der Waals surface area contributed by atoms with Crippen LogP contribution < -0.4 is 16.0 Å². The number of amides is 2. The van der Waals surface area contributed by atoms with Gasteiger partial charge in [-0.25, -0.2) is 9.78 Å². The predicted octanol–water partition coefficient (Wildman–Crippen LogP) is 4.82. The van der Waals surface area contributed by atoms with Crippen LogP contribution in [0.4, 0.5) is 10.5 Å². The standard InChI is InChI=1S/C23H29ClN4O3/c24-15-12-16-20(18-19(15)27-21(29)28-23(18)6-2-1-3-7-23)31-17(26-16)13-25-22(14-4-5-14)8-10-30-11-9-22/h12,14,25H,1-11,13H2,(H2,27,28,29). The first-order valence-corrected chi connectivity index (χ1v) is 12.0. The molecule has 6 rings (SSSR count). The summed E-state index contributed by atoms with van der Waals surface area (Å²) in [5, 5.41) is 10.4. The zero-order chi connectivity index (χ0) is 21.1. The van der Waals surface area contributed by atoms with E-state index >= 15 is 0 Å². The smallest absolute Gasteiger partial charge is 0.319 e. The number of anilines is 1. The molecule has 3 N–H and O–H groups in total. The van der Waals surface area contributed by atoms with Gasteiger partial charge >= 0.3 is 6.03 Å². The fraction of sp³-hybridized carbons (Fsp3) is 0.652. The van der Waals surface area contributed by atoms with Gasteiger partial charge in [0.2, 0.25) is 5.89 Å². The molecule has 2 amide bonds. The van der Waals surface area contributed by atoms with Gasteiger partial charge in [0.25, 0.3) is 0 Å². The summed E-state index contributed by atoms with van der Waals surface area (Å²) in [5.74, 6) is 1.40. The van der Waals surface area contributed by atoms with Crippen molar-refractivity contribution in [2.24, 2.45) is 5.92 Å². The van der Waals surface area contributed by atoms with Crippen LogP contribution >= 0.6 is 11.6 Å². The van der Waals surface area contributed by atoms with E-state index in [0.29, 0.717) is 23.1 Å². The van der Waals surface area contributed by atoms with E-state index in [1.54, 1.807) is 0 Å². The van der Waals surface area contributed by atoms with Crippen LogP contribution in [0.15, 0.2) is 10.5 Å². The van der Waals surface area contributed by atoms with Crippen molar-refractivity contribution >= 4 is 34.4 Å². The minimum Gasteiger partial charge on any atom is -0.439 e. The summed E-state index contributed by atoms with van der Waals surface area (Å²) in [5.41, 5.74) is 2.86. The number of hydrogen-bond donors (Lipinski definition) is 3. The van der Waals surface area contributed by atoms with Gasteiger partial charge in [-0.1, -0.05) is 30.9 Å². The van der Waals surface area contributed by atoms with Crippen molar-refractivity contribution in [1.82, 2.24) is 15.6 Å². The SMILES string of the molecule is O=C1Nc2c(Cl)cc3nc(CNC4(C5CC5)CCOCC4)oc3c2C2(CCCCC2)N1. The van der Waals surface area contributed by atoms with Crippen LogP contribution in [0.25, 0.3) is 11.1 Å². The summed E-state index contributed by atoms with van der Waals surface area (Å²) in [6, 6.07) is 1.62. The van der Waals surface area contributed by atoms with Crippen molar-refractivity contribution in [3.63, 3.8) is 0 Å². The number of nitrogens with zero attached hydrogens (tertiary/aromatic N) is 1. The molecule has 0 bridgehead atoms. The van der Waals surface area contributed by atoms with E-state index in [1.165, 1.54) is 19.3 Å². The highest BCUT2D eigenvalue weighted by molar-refractivity contribution is 6.35. The lowest BCUT2D eigenvalue weighted by Crippen LogP contribution is -2.52. The molecular formula is C23H29ClN4O3. The summed E-state index contributed by atoms with van der Waals surface area (Å²) >= 11 is 6.62. The maximum absolute atomic E-state index is 12.4. The van der Waals surface area contributed by atoms with E-state index < -0.39 is 5.54 Å². The number of fused-ring (bicyclic) bond motifs is 4. The highest BCUT2D eigenvalue weighted by atomic mass is 35.5. The Hall–Kier alpha value is -1.83. The second-order valence-electron chi connectivity index (χ2n) is 9.68. The molecule has 1 aromatic heterocycles. The largest absolute Gasteiger partial charge is 0.439 e. The Morgan fingerprint density at radius 1 is 1.16 bits per heavy atom. The normalized spacial score (nSPS) is 24.6. The minimum atomic E-state index is -0.431. The molecule has 3 fully saturated rings. The lowest BCUT2D eigenvalue weighted by atomic mass is 9.74. The molecule has 4 aliphatic rings. The third kappa shape index (κ3) is 3.33. The Balaban J connectivity index is 1.37. The second-order valence-corrected chi connectivity index (χ2v) is 10.1. The number of benzene rings is 1. The van der Waals surface area contributed by atoms with Gasteiger partial charge in [-0.15, -0.1) is 0 Å². The average molecular weight is 445 g/mol. The predicted molar refractivity (Wildman–Crippen MR) is 118 cm³/mol. The highest BCUT2D eigenvalue weighted by Gasteiger charge is 2.46. The average Bonchev–Trinajstić information content (AvgIpc) is 3.55. The van der Waals surface area contributed by atoms with Gasteiger partial charge in [0.1, 0.15) is 5.52 Å². The topological polar surface area (TPSA) is 88.4 Å². The molecule has 1 saturated heterocycles. The minimum absolute atomic E-state index is 0.135.